The number of likely N-dealkylation sites (N-methyl/N-ethyl adjacent to an activating group) is 1. The molecule has 7 nitrogen and oxygen atoms in total. The number of hydrogen-bond acceptors (Lipinski definition) is 5. The number of rotatable bonds is 7. The molecule has 0 saturated carbocycles. The highest BCUT2D eigenvalue weighted by Gasteiger charge is 2.38. The largest absolute Gasteiger partial charge is 0.335 e. The molecule has 1 aromatic carbocycles. The van der Waals surface area contributed by atoms with Crippen LogP contribution in [0.25, 0.3) is 0 Å². The molecule has 1 N–H and O–H groups in total. The lowest BCUT2D eigenvalue weighted by atomic mass is 9.99. The molecule has 2 aliphatic heterocycles. The maximum atomic E-state index is 13.3. The quantitative estimate of drug-likeness (QED) is 0.647. The molecule has 2 atom stereocenters. The van der Waals surface area contributed by atoms with Crippen molar-refractivity contribution in [1.29, 1.82) is 0 Å². The Morgan fingerprint density at radius 1 is 1.10 bits per heavy atom. The Labute approximate surface area is 189 Å². The molecule has 1 amide bonds. The SMILES string of the molecule is CN1CCN(C(=O)Cc2ccc(Cl)c(Cl)c2)[C@H](CN2CCCC2)[C@@H]1CNS(C)(=O)=O. The van der Waals surface area contributed by atoms with Crippen LogP contribution in [-0.4, -0.2) is 93.7 Å². The average molecular weight is 477 g/mol. The van der Waals surface area contributed by atoms with Crippen LogP contribution in [0.2, 0.25) is 10.0 Å². The van der Waals surface area contributed by atoms with E-state index in [1.165, 1.54) is 6.26 Å². The highest BCUT2D eigenvalue weighted by atomic mass is 35.5. The summed E-state index contributed by atoms with van der Waals surface area (Å²) in [5.41, 5.74) is 0.819. The molecular weight excluding hydrogens is 447 g/mol. The summed E-state index contributed by atoms with van der Waals surface area (Å²) in [7, 11) is -1.32. The first kappa shape index (κ1) is 23.8. The van der Waals surface area contributed by atoms with Gasteiger partial charge in [-0.25, -0.2) is 13.1 Å². The lowest BCUT2D eigenvalue weighted by Gasteiger charge is -2.47. The van der Waals surface area contributed by atoms with Gasteiger partial charge in [-0.2, -0.15) is 0 Å². The number of hydrogen-bond donors (Lipinski definition) is 1. The summed E-state index contributed by atoms with van der Waals surface area (Å²) in [6.45, 7) is 4.37. The Morgan fingerprint density at radius 3 is 2.43 bits per heavy atom. The van der Waals surface area contributed by atoms with Crippen molar-refractivity contribution in [3.8, 4) is 0 Å². The van der Waals surface area contributed by atoms with Crippen molar-refractivity contribution < 1.29 is 13.2 Å². The Bertz CT molecular complexity index is 862. The van der Waals surface area contributed by atoms with E-state index >= 15 is 0 Å². The van der Waals surface area contributed by atoms with Crippen LogP contribution in [0.5, 0.6) is 0 Å². The second kappa shape index (κ2) is 10.1. The zero-order chi connectivity index (χ0) is 21.9. The molecule has 0 bridgehead atoms. The van der Waals surface area contributed by atoms with Gasteiger partial charge in [-0.15, -0.1) is 0 Å². The summed E-state index contributed by atoms with van der Waals surface area (Å²) in [5.74, 6) is 0.0232. The molecule has 10 heteroatoms. The molecule has 2 fully saturated rings. The number of benzene rings is 1. The van der Waals surface area contributed by atoms with Gasteiger partial charge in [-0.3, -0.25) is 9.69 Å². The molecule has 3 rings (SSSR count). The van der Waals surface area contributed by atoms with E-state index in [1.54, 1.807) is 12.1 Å². The lowest BCUT2D eigenvalue weighted by molar-refractivity contribution is -0.137. The third-order valence-electron chi connectivity index (χ3n) is 5.96. The van der Waals surface area contributed by atoms with Crippen LogP contribution in [0.15, 0.2) is 18.2 Å². The molecule has 168 valence electrons. The maximum absolute atomic E-state index is 13.3. The highest BCUT2D eigenvalue weighted by molar-refractivity contribution is 7.88. The van der Waals surface area contributed by atoms with Crippen LogP contribution < -0.4 is 4.72 Å². The molecule has 0 radical (unpaired) electrons. The standard InChI is InChI=1S/C20H30Cl2N4O3S/c1-24-9-10-26(20(27)12-15-5-6-16(21)17(22)11-15)19(14-25-7-3-4-8-25)18(24)13-23-30(2,28)29/h5-6,11,18-19,23H,3-4,7-10,12-14H2,1-2H3/t18-,19+/m0/s1. The predicted octanol–water partition coefficient (Wildman–Crippen LogP) is 1.69. The summed E-state index contributed by atoms with van der Waals surface area (Å²) in [6, 6.07) is 5.08. The van der Waals surface area contributed by atoms with Crippen LogP contribution in [0.1, 0.15) is 18.4 Å². The van der Waals surface area contributed by atoms with Crippen molar-refractivity contribution in [3.05, 3.63) is 33.8 Å². The van der Waals surface area contributed by atoms with Crippen molar-refractivity contribution in [2.24, 2.45) is 0 Å². The molecular formula is C20H30Cl2N4O3S. The third kappa shape index (κ3) is 6.31. The average Bonchev–Trinajstić information content (AvgIpc) is 3.16. The Hall–Kier alpha value is -0.900. The van der Waals surface area contributed by atoms with Gasteiger partial charge in [0.05, 0.1) is 28.8 Å². The minimum Gasteiger partial charge on any atom is -0.335 e. The fourth-order valence-corrected chi connectivity index (χ4v) is 5.11. The van der Waals surface area contributed by atoms with Crippen LogP contribution in [0.4, 0.5) is 0 Å². The summed E-state index contributed by atoms with van der Waals surface area (Å²) in [4.78, 5) is 19.7. The lowest BCUT2D eigenvalue weighted by Crippen LogP contribution is -2.65. The minimum atomic E-state index is -3.31. The number of nitrogens with one attached hydrogen (secondary N) is 1. The number of likely N-dealkylation sites (tertiary alicyclic amines) is 1. The van der Waals surface area contributed by atoms with E-state index in [-0.39, 0.29) is 31.0 Å². The first-order valence-electron chi connectivity index (χ1n) is 10.2. The van der Waals surface area contributed by atoms with Crippen LogP contribution in [0, 0.1) is 0 Å². The summed E-state index contributed by atoms with van der Waals surface area (Å²) < 4.78 is 26.0. The fraction of sp³-hybridized carbons (Fsp3) is 0.650. The molecule has 1 aromatic rings. The molecule has 30 heavy (non-hydrogen) atoms. The van der Waals surface area contributed by atoms with Crippen molar-refractivity contribution in [3.63, 3.8) is 0 Å². The van der Waals surface area contributed by atoms with E-state index in [2.05, 4.69) is 14.5 Å². The van der Waals surface area contributed by atoms with Crippen molar-refractivity contribution in [2.45, 2.75) is 31.3 Å². The van der Waals surface area contributed by atoms with Gasteiger partial charge in [0.15, 0.2) is 0 Å². The van der Waals surface area contributed by atoms with Crippen LogP contribution >= 0.6 is 23.2 Å². The number of carbonyl (C=O) groups is 1. The van der Waals surface area contributed by atoms with Crippen LogP contribution in [0.3, 0.4) is 0 Å². The van der Waals surface area contributed by atoms with E-state index < -0.39 is 10.0 Å². The van der Waals surface area contributed by atoms with Crippen molar-refractivity contribution in [1.82, 2.24) is 19.4 Å². The second-order valence-corrected chi connectivity index (χ2v) is 10.9. The first-order chi connectivity index (χ1) is 14.1. The summed E-state index contributed by atoms with van der Waals surface area (Å²) >= 11 is 12.1. The maximum Gasteiger partial charge on any atom is 0.227 e. The van der Waals surface area contributed by atoms with E-state index in [1.807, 2.05) is 18.0 Å². The number of amides is 1. The summed E-state index contributed by atoms with van der Waals surface area (Å²) in [6.07, 6.45) is 3.72. The van der Waals surface area contributed by atoms with Gasteiger partial charge in [0.1, 0.15) is 0 Å². The smallest absolute Gasteiger partial charge is 0.227 e. The van der Waals surface area contributed by atoms with Crippen LogP contribution in [-0.2, 0) is 21.2 Å². The molecule has 2 aliphatic rings. The second-order valence-electron chi connectivity index (χ2n) is 8.26. The number of nitrogens with zero attached hydrogens (tertiary/aromatic N) is 3. The topological polar surface area (TPSA) is 73.0 Å². The highest BCUT2D eigenvalue weighted by Crippen LogP contribution is 2.25. The molecule has 0 aromatic heterocycles. The number of carbonyl (C=O) groups excluding carboxylic acids is 1. The Balaban J connectivity index is 1.79. The minimum absolute atomic E-state index is 0.0232. The number of sulfonamides is 1. The van der Waals surface area contributed by atoms with Crippen molar-refractivity contribution in [2.75, 3.05) is 52.6 Å². The zero-order valence-electron chi connectivity index (χ0n) is 17.5. The van der Waals surface area contributed by atoms with Gasteiger partial charge < -0.3 is 9.80 Å². The molecule has 2 saturated heterocycles. The third-order valence-corrected chi connectivity index (χ3v) is 7.39. The van der Waals surface area contributed by atoms with Gasteiger partial charge in [-0.05, 0) is 50.7 Å². The first-order valence-corrected chi connectivity index (χ1v) is 12.9. The molecule has 0 unspecified atom stereocenters. The van der Waals surface area contributed by atoms with Gasteiger partial charge in [-0.1, -0.05) is 29.3 Å². The molecule has 2 heterocycles. The number of piperazine rings is 1. The Morgan fingerprint density at radius 2 is 1.80 bits per heavy atom. The van der Waals surface area contributed by atoms with Gasteiger partial charge in [0, 0.05) is 32.2 Å². The van der Waals surface area contributed by atoms with E-state index in [9.17, 15) is 13.2 Å². The van der Waals surface area contributed by atoms with Gasteiger partial charge in [0.2, 0.25) is 15.9 Å². The van der Waals surface area contributed by atoms with E-state index in [4.69, 9.17) is 23.2 Å². The molecule has 0 aliphatic carbocycles. The predicted molar refractivity (Wildman–Crippen MR) is 121 cm³/mol. The Kier molecular flexibility index (Phi) is 8.03. The normalized spacial score (nSPS) is 23.8. The summed E-state index contributed by atoms with van der Waals surface area (Å²) in [5, 5.41) is 0.899. The van der Waals surface area contributed by atoms with Crippen molar-refractivity contribution >= 4 is 39.1 Å². The molecule has 0 spiro atoms. The van der Waals surface area contributed by atoms with E-state index in [0.717, 1.165) is 38.0 Å². The monoisotopic (exact) mass is 476 g/mol. The number of halogens is 2. The van der Waals surface area contributed by atoms with E-state index in [0.29, 0.717) is 23.1 Å². The zero-order valence-corrected chi connectivity index (χ0v) is 19.8. The van der Waals surface area contributed by atoms with Gasteiger partial charge in [0.25, 0.3) is 0 Å². The fourth-order valence-electron chi connectivity index (χ4n) is 4.31. The van der Waals surface area contributed by atoms with Gasteiger partial charge >= 0.3 is 0 Å².